The third kappa shape index (κ3) is 3.32. The van der Waals surface area contributed by atoms with E-state index in [1.54, 1.807) is 18.2 Å². The largest absolute Gasteiger partial charge is 0.490 e. The van der Waals surface area contributed by atoms with Crippen LogP contribution in [-0.2, 0) is 0 Å². The second-order valence-corrected chi connectivity index (χ2v) is 6.26. The van der Waals surface area contributed by atoms with Crippen molar-refractivity contribution in [3.8, 4) is 23.4 Å². The third-order valence-corrected chi connectivity index (χ3v) is 4.42. The fourth-order valence-electron chi connectivity index (χ4n) is 3.03. The zero-order valence-electron chi connectivity index (χ0n) is 15.0. The van der Waals surface area contributed by atoms with Crippen molar-refractivity contribution in [1.29, 1.82) is 5.26 Å². The maximum Gasteiger partial charge on any atom is 0.244 e. The average Bonchev–Trinajstić information content (AvgIpc) is 3.00. The molecule has 1 aliphatic heterocycles. The number of fused-ring (bicyclic) bond motifs is 1. The number of hydrogen-bond acceptors (Lipinski definition) is 6. The second kappa shape index (κ2) is 7.64. The Bertz CT molecular complexity index is 959. The minimum absolute atomic E-state index is 0.0163. The van der Waals surface area contributed by atoms with Crippen LogP contribution in [0.2, 0.25) is 5.02 Å². The molecule has 0 saturated carbocycles. The molecule has 140 valence electrons. The molecule has 3 N–H and O–H groups in total. The summed E-state index contributed by atoms with van der Waals surface area (Å²) < 4.78 is 16.8. The lowest BCUT2D eigenvalue weighted by molar-refractivity contribution is 0.296. The fourth-order valence-corrected chi connectivity index (χ4v) is 3.31. The van der Waals surface area contributed by atoms with E-state index in [9.17, 15) is 5.26 Å². The third-order valence-electron chi connectivity index (χ3n) is 4.14. The molecule has 7 nitrogen and oxygen atoms in total. The van der Waals surface area contributed by atoms with Gasteiger partial charge in [-0.2, -0.15) is 5.26 Å². The number of aromatic amines is 1. The van der Waals surface area contributed by atoms with E-state index in [0.717, 1.165) is 16.8 Å². The lowest BCUT2D eigenvalue weighted by atomic mass is 9.84. The first-order chi connectivity index (χ1) is 13.0. The van der Waals surface area contributed by atoms with E-state index in [1.807, 2.05) is 13.8 Å². The van der Waals surface area contributed by atoms with Gasteiger partial charge in [-0.3, -0.25) is 5.10 Å². The molecule has 2 aromatic rings. The highest BCUT2D eigenvalue weighted by molar-refractivity contribution is 6.32. The predicted octanol–water partition coefficient (Wildman–Crippen LogP) is 3.55. The fraction of sp³-hybridized carbons (Fsp3) is 0.263. The molecule has 0 bridgehead atoms. The Labute approximate surface area is 162 Å². The molecule has 2 heterocycles. The highest BCUT2D eigenvalue weighted by atomic mass is 35.5. The SMILES string of the molecule is C=CCOc1c(Cl)cc([C@H]2C(C#N)=C(N)Oc3n[nH]c(C)c32)cc1OCC. The molecule has 0 saturated heterocycles. The first-order valence-electron chi connectivity index (χ1n) is 8.34. The Hall–Kier alpha value is -3.11. The number of ether oxygens (including phenoxy) is 3. The molecular weight excluding hydrogens is 368 g/mol. The molecular formula is C19H19ClN4O3. The standard InChI is InChI=1S/C19H19ClN4O3/c1-4-6-26-17-13(20)7-11(8-14(17)25-5-2)16-12(9-21)18(22)27-19-15(16)10(3)23-24-19/h4,7-8,16H,1,5-6,22H2,2-3H3,(H,23,24)/t16-/m0/s1. The highest BCUT2D eigenvalue weighted by Crippen LogP contribution is 2.46. The molecule has 8 heteroatoms. The van der Waals surface area contributed by atoms with Gasteiger partial charge in [-0.25, -0.2) is 0 Å². The second-order valence-electron chi connectivity index (χ2n) is 5.85. The van der Waals surface area contributed by atoms with Gasteiger partial charge in [-0.15, -0.1) is 5.10 Å². The number of nitrogens with zero attached hydrogens (tertiary/aromatic N) is 2. The number of H-pyrrole nitrogens is 1. The van der Waals surface area contributed by atoms with Crippen molar-refractivity contribution < 1.29 is 14.2 Å². The van der Waals surface area contributed by atoms with E-state index in [2.05, 4.69) is 22.8 Å². The van der Waals surface area contributed by atoms with Crippen LogP contribution in [0.25, 0.3) is 0 Å². The molecule has 27 heavy (non-hydrogen) atoms. The van der Waals surface area contributed by atoms with Crippen LogP contribution in [0.5, 0.6) is 17.4 Å². The summed E-state index contributed by atoms with van der Waals surface area (Å²) >= 11 is 6.47. The van der Waals surface area contributed by atoms with E-state index in [4.69, 9.17) is 31.5 Å². The maximum absolute atomic E-state index is 9.66. The summed E-state index contributed by atoms with van der Waals surface area (Å²) in [5, 5.41) is 17.0. The Kier molecular flexibility index (Phi) is 5.28. The van der Waals surface area contributed by atoms with E-state index < -0.39 is 5.92 Å². The van der Waals surface area contributed by atoms with E-state index >= 15 is 0 Å². The topological polar surface area (TPSA) is 106 Å². The number of aryl methyl sites for hydroxylation is 1. The molecule has 1 aliphatic rings. The Morgan fingerprint density at radius 3 is 2.93 bits per heavy atom. The number of hydrogen-bond donors (Lipinski definition) is 2. The van der Waals surface area contributed by atoms with Gasteiger partial charge in [0.05, 0.1) is 17.5 Å². The number of nitrogens with one attached hydrogen (secondary N) is 1. The summed E-state index contributed by atoms with van der Waals surface area (Å²) in [7, 11) is 0. The predicted molar refractivity (Wildman–Crippen MR) is 101 cm³/mol. The summed E-state index contributed by atoms with van der Waals surface area (Å²) in [6.07, 6.45) is 1.62. The molecule has 0 fully saturated rings. The van der Waals surface area contributed by atoms with Crippen LogP contribution >= 0.6 is 11.6 Å². The van der Waals surface area contributed by atoms with Crippen LogP contribution in [0, 0.1) is 18.3 Å². The summed E-state index contributed by atoms with van der Waals surface area (Å²) in [6.45, 7) is 8.07. The van der Waals surface area contributed by atoms with Crippen molar-refractivity contribution in [2.75, 3.05) is 13.2 Å². The van der Waals surface area contributed by atoms with Gasteiger partial charge in [0.15, 0.2) is 11.5 Å². The van der Waals surface area contributed by atoms with Gasteiger partial charge in [0.2, 0.25) is 11.8 Å². The van der Waals surface area contributed by atoms with E-state index in [1.165, 1.54) is 0 Å². The van der Waals surface area contributed by atoms with Gasteiger partial charge < -0.3 is 19.9 Å². The van der Waals surface area contributed by atoms with Gasteiger partial charge in [0.1, 0.15) is 18.2 Å². The number of nitriles is 1. The smallest absolute Gasteiger partial charge is 0.244 e. The first-order valence-corrected chi connectivity index (χ1v) is 8.71. The maximum atomic E-state index is 9.66. The molecule has 0 amide bonds. The zero-order chi connectivity index (χ0) is 19.6. The normalized spacial score (nSPS) is 15.6. The van der Waals surface area contributed by atoms with Gasteiger partial charge >= 0.3 is 0 Å². The van der Waals surface area contributed by atoms with Crippen LogP contribution in [-0.4, -0.2) is 23.4 Å². The van der Waals surface area contributed by atoms with Gasteiger partial charge in [-0.1, -0.05) is 24.3 Å². The highest BCUT2D eigenvalue weighted by Gasteiger charge is 2.35. The monoisotopic (exact) mass is 386 g/mol. The van der Waals surface area contributed by atoms with Gasteiger partial charge in [0.25, 0.3) is 0 Å². The van der Waals surface area contributed by atoms with E-state index in [-0.39, 0.29) is 18.1 Å². The number of benzene rings is 1. The number of allylic oxidation sites excluding steroid dienone is 1. The van der Waals surface area contributed by atoms with Crippen molar-refractivity contribution in [3.63, 3.8) is 0 Å². The van der Waals surface area contributed by atoms with Crippen LogP contribution in [0.1, 0.15) is 29.7 Å². The summed E-state index contributed by atoms with van der Waals surface area (Å²) in [4.78, 5) is 0. The van der Waals surface area contributed by atoms with Crippen molar-refractivity contribution in [2.45, 2.75) is 19.8 Å². The minimum atomic E-state index is -0.484. The molecule has 0 spiro atoms. The molecule has 1 atom stereocenters. The number of halogens is 1. The Morgan fingerprint density at radius 1 is 1.48 bits per heavy atom. The lowest BCUT2D eigenvalue weighted by Gasteiger charge is -2.25. The number of aromatic nitrogens is 2. The molecule has 0 radical (unpaired) electrons. The lowest BCUT2D eigenvalue weighted by Crippen LogP contribution is -2.21. The van der Waals surface area contributed by atoms with Crippen LogP contribution < -0.4 is 19.9 Å². The molecule has 1 aromatic heterocycles. The van der Waals surface area contributed by atoms with Crippen molar-refractivity contribution in [2.24, 2.45) is 5.73 Å². The van der Waals surface area contributed by atoms with Crippen LogP contribution in [0.3, 0.4) is 0 Å². The van der Waals surface area contributed by atoms with Crippen molar-refractivity contribution in [3.05, 3.63) is 58.1 Å². The van der Waals surface area contributed by atoms with Gasteiger partial charge in [-0.05, 0) is 31.5 Å². The molecule has 1 aromatic carbocycles. The molecule has 0 unspecified atom stereocenters. The first kappa shape index (κ1) is 18.7. The molecule has 0 aliphatic carbocycles. The quantitative estimate of drug-likeness (QED) is 0.735. The minimum Gasteiger partial charge on any atom is -0.490 e. The number of rotatable bonds is 6. The Balaban J connectivity index is 2.19. The summed E-state index contributed by atoms with van der Waals surface area (Å²) in [5.41, 5.74) is 8.47. The molecule has 3 rings (SSSR count). The van der Waals surface area contributed by atoms with Crippen LogP contribution in [0.4, 0.5) is 0 Å². The van der Waals surface area contributed by atoms with Crippen molar-refractivity contribution >= 4 is 11.6 Å². The zero-order valence-corrected chi connectivity index (χ0v) is 15.8. The Morgan fingerprint density at radius 2 is 2.26 bits per heavy atom. The van der Waals surface area contributed by atoms with E-state index in [0.29, 0.717) is 29.0 Å². The van der Waals surface area contributed by atoms with Crippen molar-refractivity contribution in [1.82, 2.24) is 10.2 Å². The summed E-state index contributed by atoms with van der Waals surface area (Å²) in [6, 6.07) is 5.67. The average molecular weight is 387 g/mol. The van der Waals surface area contributed by atoms with Gasteiger partial charge in [0, 0.05) is 11.3 Å². The number of nitrogens with two attached hydrogens (primary N) is 1. The summed E-state index contributed by atoms with van der Waals surface area (Å²) in [5.74, 6) is 0.779. The van der Waals surface area contributed by atoms with Crippen LogP contribution in [0.15, 0.2) is 36.2 Å².